The van der Waals surface area contributed by atoms with E-state index in [0.29, 0.717) is 28.8 Å². The van der Waals surface area contributed by atoms with Crippen molar-refractivity contribution in [3.63, 3.8) is 0 Å². The second-order valence-electron chi connectivity index (χ2n) is 6.00. The van der Waals surface area contributed by atoms with E-state index < -0.39 is 0 Å². The summed E-state index contributed by atoms with van der Waals surface area (Å²) < 4.78 is 0. The monoisotopic (exact) mass is 296 g/mol. The maximum Gasteiger partial charge on any atom is 0.224 e. The maximum absolute atomic E-state index is 6.33. The molecular weight excluding hydrogens is 272 g/mol. The fourth-order valence-electron chi connectivity index (χ4n) is 2.88. The van der Waals surface area contributed by atoms with Crippen molar-refractivity contribution >= 4 is 23.4 Å². The zero-order chi connectivity index (χ0) is 14.7. The van der Waals surface area contributed by atoms with Gasteiger partial charge in [0, 0.05) is 19.1 Å². The number of halogens is 1. The topological polar surface area (TPSA) is 41.1 Å². The highest BCUT2D eigenvalue weighted by Gasteiger charge is 2.31. The third-order valence-corrected chi connectivity index (χ3v) is 4.40. The fraction of sp³-hybridized carbons (Fsp3) is 0.733. The van der Waals surface area contributed by atoms with E-state index in [9.17, 15) is 0 Å². The fourth-order valence-corrected chi connectivity index (χ4v) is 3.08. The summed E-state index contributed by atoms with van der Waals surface area (Å²) in [5.41, 5.74) is 0. The van der Waals surface area contributed by atoms with E-state index in [2.05, 4.69) is 47.9 Å². The van der Waals surface area contributed by atoms with Crippen molar-refractivity contribution in [3.05, 3.63) is 11.2 Å². The molecule has 3 unspecified atom stereocenters. The van der Waals surface area contributed by atoms with Crippen LogP contribution in [-0.2, 0) is 0 Å². The molecule has 0 saturated carbocycles. The summed E-state index contributed by atoms with van der Waals surface area (Å²) in [6, 6.07) is 0.456. The van der Waals surface area contributed by atoms with Gasteiger partial charge in [0.1, 0.15) is 5.02 Å². The van der Waals surface area contributed by atoms with Crippen LogP contribution in [0, 0.1) is 11.8 Å². The number of nitrogens with one attached hydrogen (secondary N) is 1. The smallest absolute Gasteiger partial charge is 0.224 e. The Morgan fingerprint density at radius 3 is 2.85 bits per heavy atom. The van der Waals surface area contributed by atoms with Gasteiger partial charge in [0.15, 0.2) is 5.82 Å². The number of aromatic nitrogens is 2. The standard InChI is InChI=1S/C15H25ClN4/c1-5-6-17-15-18-8-13(16)14(19-15)20-9-10(2)7-11(3)12(20)4/h8,10-12H,5-7,9H2,1-4H3,(H,17,18,19). The quantitative estimate of drug-likeness (QED) is 0.917. The second kappa shape index (κ2) is 6.61. The van der Waals surface area contributed by atoms with Crippen LogP contribution in [-0.4, -0.2) is 29.1 Å². The van der Waals surface area contributed by atoms with Crippen molar-refractivity contribution < 1.29 is 0 Å². The molecule has 0 radical (unpaired) electrons. The maximum atomic E-state index is 6.33. The van der Waals surface area contributed by atoms with Crippen molar-refractivity contribution in [1.29, 1.82) is 0 Å². The highest BCUT2D eigenvalue weighted by Crippen LogP contribution is 2.34. The molecule has 5 heteroatoms. The first kappa shape index (κ1) is 15.4. The van der Waals surface area contributed by atoms with Crippen molar-refractivity contribution in [1.82, 2.24) is 9.97 Å². The Balaban J connectivity index is 2.25. The van der Waals surface area contributed by atoms with Crippen LogP contribution < -0.4 is 10.2 Å². The molecule has 112 valence electrons. The molecule has 1 aliphatic rings. The van der Waals surface area contributed by atoms with Crippen LogP contribution in [0.5, 0.6) is 0 Å². The molecule has 1 fully saturated rings. The number of piperidine rings is 1. The van der Waals surface area contributed by atoms with Crippen LogP contribution in [0.2, 0.25) is 5.02 Å². The van der Waals surface area contributed by atoms with E-state index in [1.165, 1.54) is 6.42 Å². The van der Waals surface area contributed by atoms with E-state index in [4.69, 9.17) is 11.6 Å². The van der Waals surface area contributed by atoms with Gasteiger partial charge in [0.2, 0.25) is 5.95 Å². The van der Waals surface area contributed by atoms with Crippen molar-refractivity contribution in [2.24, 2.45) is 11.8 Å². The summed E-state index contributed by atoms with van der Waals surface area (Å²) >= 11 is 6.33. The van der Waals surface area contributed by atoms with Crippen molar-refractivity contribution in [2.75, 3.05) is 23.3 Å². The van der Waals surface area contributed by atoms with E-state index in [0.717, 1.165) is 25.3 Å². The molecule has 1 N–H and O–H groups in total. The van der Waals surface area contributed by atoms with Gasteiger partial charge < -0.3 is 10.2 Å². The van der Waals surface area contributed by atoms with Crippen LogP contribution in [0.1, 0.15) is 40.5 Å². The van der Waals surface area contributed by atoms with Gasteiger partial charge >= 0.3 is 0 Å². The van der Waals surface area contributed by atoms with Crippen LogP contribution in [0.15, 0.2) is 6.20 Å². The van der Waals surface area contributed by atoms with E-state index >= 15 is 0 Å². The van der Waals surface area contributed by atoms with Gasteiger partial charge in [0.05, 0.1) is 6.20 Å². The molecule has 0 amide bonds. The minimum Gasteiger partial charge on any atom is -0.354 e. The highest BCUT2D eigenvalue weighted by atomic mass is 35.5. The molecular formula is C15H25ClN4. The average Bonchev–Trinajstić information content (AvgIpc) is 2.42. The molecule has 1 aromatic heterocycles. The second-order valence-corrected chi connectivity index (χ2v) is 6.41. The molecule has 4 nitrogen and oxygen atoms in total. The van der Waals surface area contributed by atoms with Crippen LogP contribution in [0.4, 0.5) is 11.8 Å². The molecule has 1 aromatic rings. The van der Waals surface area contributed by atoms with Crippen molar-refractivity contribution in [3.8, 4) is 0 Å². The van der Waals surface area contributed by atoms with Crippen molar-refractivity contribution in [2.45, 2.75) is 46.6 Å². The lowest BCUT2D eigenvalue weighted by Crippen LogP contribution is -2.46. The molecule has 0 spiro atoms. The largest absolute Gasteiger partial charge is 0.354 e. The third-order valence-electron chi connectivity index (χ3n) is 4.13. The first-order valence-corrected chi connectivity index (χ1v) is 7.93. The van der Waals surface area contributed by atoms with E-state index in [1.807, 2.05) is 0 Å². The molecule has 0 bridgehead atoms. The predicted octanol–water partition coefficient (Wildman–Crippen LogP) is 3.82. The SMILES string of the molecule is CCCNc1ncc(Cl)c(N2CC(C)CC(C)C2C)n1. The molecule has 1 saturated heterocycles. The molecule has 1 aliphatic heterocycles. The number of hydrogen-bond acceptors (Lipinski definition) is 4. The summed E-state index contributed by atoms with van der Waals surface area (Å²) in [6.07, 6.45) is 4.02. The summed E-state index contributed by atoms with van der Waals surface area (Å²) in [7, 11) is 0. The minimum absolute atomic E-state index is 0.456. The first-order valence-electron chi connectivity index (χ1n) is 7.56. The lowest BCUT2D eigenvalue weighted by Gasteiger charge is -2.42. The number of rotatable bonds is 4. The summed E-state index contributed by atoms with van der Waals surface area (Å²) in [6.45, 7) is 10.9. The Kier molecular flexibility index (Phi) is 5.08. The van der Waals surface area contributed by atoms with Gasteiger partial charge in [-0.05, 0) is 31.6 Å². The van der Waals surface area contributed by atoms with Crippen LogP contribution in [0.25, 0.3) is 0 Å². The lowest BCUT2D eigenvalue weighted by molar-refractivity contribution is 0.295. The zero-order valence-corrected chi connectivity index (χ0v) is 13.6. The zero-order valence-electron chi connectivity index (χ0n) is 12.9. The molecule has 2 rings (SSSR count). The molecule has 0 aromatic carbocycles. The summed E-state index contributed by atoms with van der Waals surface area (Å²) in [4.78, 5) is 11.2. The Labute approximate surface area is 126 Å². The first-order chi connectivity index (χ1) is 9.52. The normalized spacial score (nSPS) is 26.6. The molecule has 0 aliphatic carbocycles. The summed E-state index contributed by atoms with van der Waals surface area (Å²) in [5, 5.41) is 3.87. The Morgan fingerprint density at radius 1 is 1.40 bits per heavy atom. The Bertz CT molecular complexity index is 451. The average molecular weight is 297 g/mol. The summed E-state index contributed by atoms with van der Waals surface area (Å²) in [5.74, 6) is 2.85. The predicted molar refractivity (Wildman–Crippen MR) is 85.6 cm³/mol. The van der Waals surface area contributed by atoms with Gasteiger partial charge in [-0.25, -0.2) is 4.98 Å². The highest BCUT2D eigenvalue weighted by molar-refractivity contribution is 6.32. The Hall–Kier alpha value is -1.03. The van der Waals surface area contributed by atoms with Gasteiger partial charge in [-0.2, -0.15) is 4.98 Å². The molecule has 3 atom stereocenters. The number of nitrogens with zero attached hydrogens (tertiary/aromatic N) is 3. The van der Waals surface area contributed by atoms with E-state index in [-0.39, 0.29) is 0 Å². The number of hydrogen-bond donors (Lipinski definition) is 1. The number of anilines is 2. The van der Waals surface area contributed by atoms with Gasteiger partial charge in [0.25, 0.3) is 0 Å². The Morgan fingerprint density at radius 2 is 2.15 bits per heavy atom. The lowest BCUT2D eigenvalue weighted by atomic mass is 9.86. The minimum atomic E-state index is 0.456. The van der Waals surface area contributed by atoms with Gasteiger partial charge in [-0.3, -0.25) is 0 Å². The molecule has 20 heavy (non-hydrogen) atoms. The van der Waals surface area contributed by atoms with E-state index in [1.54, 1.807) is 6.20 Å². The third kappa shape index (κ3) is 3.35. The van der Waals surface area contributed by atoms with Crippen LogP contribution in [0.3, 0.4) is 0 Å². The van der Waals surface area contributed by atoms with Gasteiger partial charge in [-0.15, -0.1) is 0 Å². The van der Waals surface area contributed by atoms with Crippen LogP contribution >= 0.6 is 11.6 Å². The molecule has 2 heterocycles. The van der Waals surface area contributed by atoms with Gasteiger partial charge in [-0.1, -0.05) is 32.4 Å².